The summed E-state index contributed by atoms with van der Waals surface area (Å²) in [7, 11) is 3.14. The zero-order valence-electron chi connectivity index (χ0n) is 11.1. The van der Waals surface area contributed by atoms with Crippen molar-refractivity contribution in [1.29, 1.82) is 0 Å². The lowest BCUT2D eigenvalue weighted by Crippen LogP contribution is -2.16. The molecular weight excluding hydrogens is 276 g/mol. The summed E-state index contributed by atoms with van der Waals surface area (Å²) in [6, 6.07) is 8.94. The van der Waals surface area contributed by atoms with E-state index in [-0.39, 0.29) is 5.91 Å². The quantitative estimate of drug-likeness (QED) is 0.680. The van der Waals surface area contributed by atoms with Gasteiger partial charge in [-0.25, -0.2) is 5.43 Å². The number of methoxy groups -OCH3 is 2. The molecule has 1 N–H and O–H groups in total. The predicted octanol–water partition coefficient (Wildman–Crippen LogP) is 2.53. The highest BCUT2D eigenvalue weighted by Crippen LogP contribution is 2.26. The van der Waals surface area contributed by atoms with Crippen LogP contribution >= 0.6 is 11.3 Å². The van der Waals surface area contributed by atoms with Gasteiger partial charge in [0.1, 0.15) is 0 Å². The van der Waals surface area contributed by atoms with Crippen LogP contribution in [-0.2, 0) is 0 Å². The topological polar surface area (TPSA) is 59.9 Å². The molecule has 0 spiro atoms. The van der Waals surface area contributed by atoms with Gasteiger partial charge in [-0.1, -0.05) is 6.07 Å². The normalized spacial score (nSPS) is 10.5. The minimum absolute atomic E-state index is 0.225. The van der Waals surface area contributed by atoms with Crippen LogP contribution in [0.4, 0.5) is 0 Å². The molecule has 0 aliphatic carbocycles. The number of hydrazone groups is 1. The molecule has 0 bridgehead atoms. The van der Waals surface area contributed by atoms with E-state index in [1.54, 1.807) is 38.6 Å². The maximum absolute atomic E-state index is 11.7. The first-order chi connectivity index (χ1) is 9.74. The summed E-state index contributed by atoms with van der Waals surface area (Å²) in [4.78, 5) is 12.3. The van der Waals surface area contributed by atoms with Gasteiger partial charge < -0.3 is 9.47 Å². The Morgan fingerprint density at radius 1 is 1.25 bits per heavy atom. The highest BCUT2D eigenvalue weighted by Gasteiger charge is 2.05. The molecule has 0 saturated heterocycles. The smallest absolute Gasteiger partial charge is 0.281 e. The van der Waals surface area contributed by atoms with E-state index in [4.69, 9.17) is 9.47 Å². The van der Waals surface area contributed by atoms with Crippen molar-refractivity contribution in [3.05, 3.63) is 46.2 Å². The van der Waals surface area contributed by atoms with Crippen molar-refractivity contribution in [2.24, 2.45) is 5.10 Å². The van der Waals surface area contributed by atoms with Gasteiger partial charge in [-0.2, -0.15) is 5.10 Å². The molecule has 0 aliphatic rings. The summed E-state index contributed by atoms with van der Waals surface area (Å²) >= 11 is 1.37. The third-order valence-corrected chi connectivity index (χ3v) is 3.40. The molecule has 0 radical (unpaired) electrons. The van der Waals surface area contributed by atoms with E-state index >= 15 is 0 Å². The SMILES string of the molecule is COc1ccc(/C=N\NC(=O)c2cccs2)cc1OC. The van der Waals surface area contributed by atoms with Gasteiger partial charge >= 0.3 is 0 Å². The van der Waals surface area contributed by atoms with E-state index < -0.39 is 0 Å². The molecule has 2 aromatic rings. The first-order valence-electron chi connectivity index (χ1n) is 5.83. The van der Waals surface area contributed by atoms with Crippen LogP contribution in [0.2, 0.25) is 0 Å². The van der Waals surface area contributed by atoms with Crippen LogP contribution in [0.5, 0.6) is 11.5 Å². The molecule has 1 heterocycles. The van der Waals surface area contributed by atoms with Crippen LogP contribution in [0.3, 0.4) is 0 Å². The maximum atomic E-state index is 11.7. The van der Waals surface area contributed by atoms with Crippen molar-refractivity contribution in [2.45, 2.75) is 0 Å². The molecule has 5 nitrogen and oxygen atoms in total. The highest BCUT2D eigenvalue weighted by atomic mass is 32.1. The number of carbonyl (C=O) groups excluding carboxylic acids is 1. The lowest BCUT2D eigenvalue weighted by atomic mass is 10.2. The molecule has 1 amide bonds. The first kappa shape index (κ1) is 14.1. The fraction of sp³-hybridized carbons (Fsp3) is 0.143. The molecule has 6 heteroatoms. The first-order valence-corrected chi connectivity index (χ1v) is 6.71. The van der Waals surface area contributed by atoms with Crippen LogP contribution in [0.25, 0.3) is 0 Å². The van der Waals surface area contributed by atoms with E-state index in [0.29, 0.717) is 16.4 Å². The predicted molar refractivity (Wildman–Crippen MR) is 78.9 cm³/mol. The standard InChI is InChI=1S/C14H14N2O3S/c1-18-11-6-5-10(8-12(11)19-2)9-15-16-14(17)13-4-3-7-20-13/h3-9H,1-2H3,(H,16,17)/b15-9-. The van der Waals surface area contributed by atoms with E-state index in [0.717, 1.165) is 5.56 Å². The average Bonchev–Trinajstić information content (AvgIpc) is 3.01. The zero-order chi connectivity index (χ0) is 14.4. The Morgan fingerprint density at radius 3 is 2.70 bits per heavy atom. The third-order valence-electron chi connectivity index (χ3n) is 2.53. The molecule has 2 rings (SSSR count). The van der Waals surface area contributed by atoms with Crippen LogP contribution in [-0.4, -0.2) is 26.3 Å². The summed E-state index contributed by atoms with van der Waals surface area (Å²) in [6.07, 6.45) is 1.55. The highest BCUT2D eigenvalue weighted by molar-refractivity contribution is 7.12. The Kier molecular flexibility index (Phi) is 4.73. The zero-order valence-corrected chi connectivity index (χ0v) is 11.9. The fourth-order valence-electron chi connectivity index (χ4n) is 1.56. The van der Waals surface area contributed by atoms with Gasteiger partial charge in [0.2, 0.25) is 0 Å². The Bertz CT molecular complexity index is 609. The second-order valence-corrected chi connectivity index (χ2v) is 4.74. The minimum atomic E-state index is -0.225. The van der Waals surface area contributed by atoms with Gasteiger partial charge in [0, 0.05) is 0 Å². The molecule has 20 heavy (non-hydrogen) atoms. The molecule has 0 unspecified atom stereocenters. The van der Waals surface area contributed by atoms with Crippen molar-refractivity contribution in [3.63, 3.8) is 0 Å². The molecule has 104 valence electrons. The second-order valence-electron chi connectivity index (χ2n) is 3.79. The van der Waals surface area contributed by atoms with Gasteiger partial charge in [-0.15, -0.1) is 11.3 Å². The van der Waals surface area contributed by atoms with Gasteiger partial charge in [-0.05, 0) is 35.2 Å². The van der Waals surface area contributed by atoms with Gasteiger partial charge in [0.05, 0.1) is 25.3 Å². The third kappa shape index (κ3) is 3.36. The summed E-state index contributed by atoms with van der Waals surface area (Å²) in [5.41, 5.74) is 3.27. The lowest BCUT2D eigenvalue weighted by Gasteiger charge is -2.07. The number of thiophene rings is 1. The van der Waals surface area contributed by atoms with Crippen LogP contribution in [0.1, 0.15) is 15.2 Å². The van der Waals surface area contributed by atoms with Gasteiger partial charge in [0.25, 0.3) is 5.91 Å². The number of ether oxygens (including phenoxy) is 2. The van der Waals surface area contributed by atoms with Crippen molar-refractivity contribution in [1.82, 2.24) is 5.43 Å². The lowest BCUT2D eigenvalue weighted by molar-refractivity contribution is 0.0959. The minimum Gasteiger partial charge on any atom is -0.493 e. The van der Waals surface area contributed by atoms with Crippen molar-refractivity contribution < 1.29 is 14.3 Å². The number of hydrogen-bond acceptors (Lipinski definition) is 5. The van der Waals surface area contributed by atoms with E-state index in [1.807, 2.05) is 17.5 Å². The van der Waals surface area contributed by atoms with Crippen molar-refractivity contribution >= 4 is 23.5 Å². The van der Waals surface area contributed by atoms with Crippen molar-refractivity contribution in [3.8, 4) is 11.5 Å². The van der Waals surface area contributed by atoms with Crippen LogP contribution in [0, 0.1) is 0 Å². The Labute approximate surface area is 120 Å². The Hall–Kier alpha value is -2.34. The Balaban J connectivity index is 2.03. The molecule has 0 aliphatic heterocycles. The summed E-state index contributed by atoms with van der Waals surface area (Å²) in [5, 5.41) is 5.75. The van der Waals surface area contributed by atoms with Gasteiger partial charge in [-0.3, -0.25) is 4.79 Å². The molecular formula is C14H14N2O3S. The van der Waals surface area contributed by atoms with Crippen LogP contribution in [0.15, 0.2) is 40.8 Å². The van der Waals surface area contributed by atoms with Gasteiger partial charge in [0.15, 0.2) is 11.5 Å². The number of amides is 1. The number of benzene rings is 1. The summed E-state index contributed by atoms with van der Waals surface area (Å²) in [6.45, 7) is 0. The van der Waals surface area contributed by atoms with Crippen LogP contribution < -0.4 is 14.9 Å². The Morgan fingerprint density at radius 2 is 2.05 bits per heavy atom. The molecule has 0 fully saturated rings. The van der Waals surface area contributed by atoms with E-state index in [2.05, 4.69) is 10.5 Å². The molecule has 0 saturated carbocycles. The number of hydrogen-bond donors (Lipinski definition) is 1. The molecule has 1 aromatic heterocycles. The number of carbonyl (C=O) groups is 1. The fourth-order valence-corrected chi connectivity index (χ4v) is 2.17. The van der Waals surface area contributed by atoms with Crippen molar-refractivity contribution in [2.75, 3.05) is 14.2 Å². The number of nitrogens with one attached hydrogen (secondary N) is 1. The maximum Gasteiger partial charge on any atom is 0.281 e. The average molecular weight is 290 g/mol. The van der Waals surface area contributed by atoms with E-state index in [1.165, 1.54) is 11.3 Å². The number of nitrogens with zero attached hydrogens (tertiary/aromatic N) is 1. The molecule has 1 aromatic carbocycles. The second kappa shape index (κ2) is 6.72. The monoisotopic (exact) mass is 290 g/mol. The van der Waals surface area contributed by atoms with E-state index in [9.17, 15) is 4.79 Å². The summed E-state index contributed by atoms with van der Waals surface area (Å²) in [5.74, 6) is 1.03. The largest absolute Gasteiger partial charge is 0.493 e. The summed E-state index contributed by atoms with van der Waals surface area (Å²) < 4.78 is 10.3. The number of rotatable bonds is 5. The molecule has 0 atom stereocenters.